The van der Waals surface area contributed by atoms with Crippen molar-refractivity contribution in [3.8, 4) is 5.75 Å². The topological polar surface area (TPSA) is 60.8 Å². The van der Waals surface area contributed by atoms with Gasteiger partial charge in [0.1, 0.15) is 11.9 Å². The Morgan fingerprint density at radius 1 is 0.935 bits per heavy atom. The van der Waals surface area contributed by atoms with E-state index in [-0.39, 0.29) is 28.9 Å². The second-order valence-corrected chi connectivity index (χ2v) is 15.3. The number of aliphatic hydroxyl groups is 1. The van der Waals surface area contributed by atoms with E-state index in [1.54, 1.807) is 6.07 Å². The van der Waals surface area contributed by atoms with Crippen molar-refractivity contribution in [2.45, 2.75) is 148 Å². The third kappa shape index (κ3) is 8.35. The molecule has 2 N–H and O–H groups in total. The van der Waals surface area contributed by atoms with Crippen LogP contribution >= 0.6 is 0 Å². The van der Waals surface area contributed by atoms with Crippen molar-refractivity contribution in [1.29, 1.82) is 0 Å². The fraction of sp³-hybridized carbons (Fsp3) is 0.683. The first kappa shape index (κ1) is 34.9. The number of hydrogen-bond acceptors (Lipinski definition) is 3. The number of alkyl halides is 1. The minimum atomic E-state index is -0.981. The lowest BCUT2D eigenvalue weighted by Gasteiger charge is -2.54. The number of carbonyl (C=O) groups excluding carboxylic acids is 1. The van der Waals surface area contributed by atoms with E-state index < -0.39 is 12.3 Å². The van der Waals surface area contributed by atoms with Crippen LogP contribution in [0.25, 0.3) is 0 Å². The molecule has 3 unspecified atom stereocenters. The third-order valence-electron chi connectivity index (χ3n) is 12.1. The molecule has 5 heteroatoms. The number of unbranched alkanes of at least 4 members (excludes halogenated alkanes) is 9. The van der Waals surface area contributed by atoms with Crippen LogP contribution in [0.4, 0.5) is 4.39 Å². The second-order valence-electron chi connectivity index (χ2n) is 15.3. The van der Waals surface area contributed by atoms with E-state index in [2.05, 4.69) is 30.9 Å². The van der Waals surface area contributed by atoms with Gasteiger partial charge in [-0.2, -0.15) is 0 Å². The molecule has 0 heterocycles. The number of fused-ring (bicyclic) bond motifs is 5. The summed E-state index contributed by atoms with van der Waals surface area (Å²) >= 11 is 0. The first-order chi connectivity index (χ1) is 22.3. The predicted octanol–water partition coefficient (Wildman–Crippen LogP) is 9.90. The van der Waals surface area contributed by atoms with Crippen molar-refractivity contribution in [3.63, 3.8) is 0 Å². The van der Waals surface area contributed by atoms with Gasteiger partial charge in [-0.3, -0.25) is 4.79 Å². The van der Waals surface area contributed by atoms with Crippen LogP contribution in [0.5, 0.6) is 5.75 Å². The van der Waals surface area contributed by atoms with Gasteiger partial charge in [-0.05, 0) is 96.9 Å². The number of amides is 1. The van der Waals surface area contributed by atoms with E-state index in [0.29, 0.717) is 31.2 Å². The average molecular weight is 634 g/mol. The number of phenolic OH excluding ortho intramolecular Hbond substituents is 1. The Kier molecular flexibility index (Phi) is 12.6. The van der Waals surface area contributed by atoms with Gasteiger partial charge in [-0.15, -0.1) is 0 Å². The molecule has 2 saturated carbocycles. The van der Waals surface area contributed by atoms with Crippen LogP contribution < -0.4 is 0 Å². The van der Waals surface area contributed by atoms with Gasteiger partial charge >= 0.3 is 0 Å². The Labute approximate surface area is 278 Å². The van der Waals surface area contributed by atoms with Crippen molar-refractivity contribution in [1.82, 2.24) is 4.90 Å². The molecule has 5 rings (SSSR count). The summed E-state index contributed by atoms with van der Waals surface area (Å²) in [6.07, 6.45) is 16.3. The van der Waals surface area contributed by atoms with E-state index in [0.717, 1.165) is 69.0 Å². The molecule has 3 aliphatic rings. The van der Waals surface area contributed by atoms with E-state index >= 15 is 4.39 Å². The Bertz CT molecular complexity index is 1240. The summed E-state index contributed by atoms with van der Waals surface area (Å²) in [4.78, 5) is 15.5. The van der Waals surface area contributed by atoms with Gasteiger partial charge in [0.05, 0.1) is 6.10 Å². The standard InChI is InChI=1S/C41H60FNO3/c1-3-4-5-6-7-8-9-10-14-20-38(46)43(29-30-17-12-11-13-18-30)25-16-15-19-31-26-32-27-33(44)21-22-34(32)40-36(42)28-41(2)35(39(31)40)23-24-37(41)45/h11-13,17-18,21-22,27,31,35-37,39-40,44-45H,3-10,14-16,19-20,23-26,28-29H2,1-2H3/t31-,35?,36+,37+,39?,40?,41+/m1/s1. The molecule has 2 aromatic rings. The zero-order valence-corrected chi connectivity index (χ0v) is 28.6. The molecule has 0 spiro atoms. The number of aliphatic hydroxyl groups excluding tert-OH is 1. The molecule has 7 atom stereocenters. The van der Waals surface area contributed by atoms with Gasteiger partial charge in [0.2, 0.25) is 5.91 Å². The maximum atomic E-state index is 16.1. The van der Waals surface area contributed by atoms with Crippen molar-refractivity contribution in [2.75, 3.05) is 6.54 Å². The summed E-state index contributed by atoms with van der Waals surface area (Å²) in [5, 5.41) is 21.3. The number of phenols is 1. The highest BCUT2D eigenvalue weighted by Gasteiger charge is 2.59. The van der Waals surface area contributed by atoms with E-state index in [9.17, 15) is 15.0 Å². The molecule has 3 aliphatic carbocycles. The Hall–Kier alpha value is -2.40. The summed E-state index contributed by atoms with van der Waals surface area (Å²) in [5.41, 5.74) is 2.98. The maximum Gasteiger partial charge on any atom is 0.222 e. The van der Waals surface area contributed by atoms with Gasteiger partial charge < -0.3 is 15.1 Å². The quantitative estimate of drug-likeness (QED) is 0.171. The minimum absolute atomic E-state index is 0.162. The van der Waals surface area contributed by atoms with Crippen molar-refractivity contribution in [2.24, 2.45) is 23.2 Å². The summed E-state index contributed by atoms with van der Waals surface area (Å²) < 4.78 is 16.1. The lowest BCUT2D eigenvalue weighted by molar-refractivity contribution is -0.132. The highest BCUT2D eigenvalue weighted by molar-refractivity contribution is 5.76. The molecule has 46 heavy (non-hydrogen) atoms. The highest BCUT2D eigenvalue weighted by atomic mass is 19.1. The van der Waals surface area contributed by atoms with E-state index in [1.807, 2.05) is 30.3 Å². The average Bonchev–Trinajstić information content (AvgIpc) is 3.34. The summed E-state index contributed by atoms with van der Waals surface area (Å²) in [6, 6.07) is 15.9. The van der Waals surface area contributed by atoms with Crippen LogP contribution in [0.15, 0.2) is 48.5 Å². The molecule has 1 amide bonds. The number of halogens is 1. The monoisotopic (exact) mass is 633 g/mol. The van der Waals surface area contributed by atoms with Crippen molar-refractivity contribution >= 4 is 5.91 Å². The van der Waals surface area contributed by atoms with E-state index in [1.165, 1.54) is 50.5 Å². The van der Waals surface area contributed by atoms with Gasteiger partial charge in [0, 0.05) is 25.4 Å². The Morgan fingerprint density at radius 2 is 1.65 bits per heavy atom. The van der Waals surface area contributed by atoms with Gasteiger partial charge in [-0.25, -0.2) is 4.39 Å². The molecule has 0 aromatic heterocycles. The van der Waals surface area contributed by atoms with Gasteiger partial charge in [-0.1, -0.05) is 108 Å². The molecule has 4 nitrogen and oxygen atoms in total. The van der Waals surface area contributed by atoms with Crippen molar-refractivity contribution < 1.29 is 19.4 Å². The van der Waals surface area contributed by atoms with Crippen LogP contribution in [0.2, 0.25) is 0 Å². The lowest BCUT2D eigenvalue weighted by atomic mass is 9.51. The molecular formula is C41H60FNO3. The van der Waals surface area contributed by atoms with Crippen LogP contribution in [0, 0.1) is 23.2 Å². The second kappa shape index (κ2) is 16.6. The zero-order valence-electron chi connectivity index (χ0n) is 28.6. The van der Waals surface area contributed by atoms with Gasteiger partial charge in [0.25, 0.3) is 0 Å². The molecule has 2 aromatic carbocycles. The molecule has 0 bridgehead atoms. The Balaban J connectivity index is 1.18. The normalized spacial score (nSPS) is 28.3. The minimum Gasteiger partial charge on any atom is -0.508 e. The zero-order chi connectivity index (χ0) is 32.5. The SMILES string of the molecule is CCCCCCCCCCCC(=O)N(CCCC[C@@H]1Cc2cc(O)ccc2C2C1C1CC[C@H](O)[C@@]1(C)C[C@@H]2F)Cc1ccccc1. The number of nitrogens with zero attached hydrogens (tertiary/aromatic N) is 1. The van der Waals surface area contributed by atoms with Crippen molar-refractivity contribution in [3.05, 3.63) is 65.2 Å². The first-order valence-corrected chi connectivity index (χ1v) is 18.8. The lowest BCUT2D eigenvalue weighted by Crippen LogP contribution is -2.51. The molecule has 0 aliphatic heterocycles. The molecule has 0 saturated heterocycles. The smallest absolute Gasteiger partial charge is 0.222 e. The number of hydrogen-bond donors (Lipinski definition) is 2. The number of benzene rings is 2. The van der Waals surface area contributed by atoms with Crippen LogP contribution in [0.3, 0.4) is 0 Å². The molecule has 0 radical (unpaired) electrons. The summed E-state index contributed by atoms with van der Waals surface area (Å²) in [5.74, 6) is 1.19. The molecular weight excluding hydrogens is 573 g/mol. The largest absolute Gasteiger partial charge is 0.508 e. The first-order valence-electron chi connectivity index (χ1n) is 18.8. The Morgan fingerprint density at radius 3 is 2.39 bits per heavy atom. The highest BCUT2D eigenvalue weighted by Crippen LogP contribution is 2.63. The van der Waals surface area contributed by atoms with Crippen LogP contribution in [0.1, 0.15) is 139 Å². The molecule has 2 fully saturated rings. The number of aromatic hydroxyl groups is 1. The molecule has 254 valence electrons. The van der Waals surface area contributed by atoms with E-state index in [4.69, 9.17) is 0 Å². The number of carbonyl (C=O) groups is 1. The third-order valence-corrected chi connectivity index (χ3v) is 12.1. The fourth-order valence-electron chi connectivity index (χ4n) is 9.58. The maximum absolute atomic E-state index is 16.1. The van der Waals surface area contributed by atoms with Crippen LogP contribution in [-0.2, 0) is 17.8 Å². The predicted molar refractivity (Wildman–Crippen MR) is 185 cm³/mol. The summed E-state index contributed by atoms with van der Waals surface area (Å²) in [6.45, 7) is 5.78. The summed E-state index contributed by atoms with van der Waals surface area (Å²) in [7, 11) is 0. The van der Waals surface area contributed by atoms with Gasteiger partial charge in [0.15, 0.2) is 0 Å². The van der Waals surface area contributed by atoms with Crippen LogP contribution in [-0.4, -0.2) is 39.8 Å². The fourth-order valence-corrected chi connectivity index (χ4v) is 9.58. The number of rotatable bonds is 17.